The van der Waals surface area contributed by atoms with Crippen molar-refractivity contribution in [3.05, 3.63) is 81.6 Å². The molecule has 2 aromatic carbocycles. The van der Waals surface area contributed by atoms with Crippen molar-refractivity contribution >= 4 is 41.0 Å². The molecule has 8 nitrogen and oxygen atoms in total. The van der Waals surface area contributed by atoms with Gasteiger partial charge in [0, 0.05) is 28.9 Å². The van der Waals surface area contributed by atoms with Gasteiger partial charge in [-0.2, -0.15) is 0 Å². The summed E-state index contributed by atoms with van der Waals surface area (Å²) in [5.74, 6) is -1.43. The number of aromatic nitrogens is 1. The summed E-state index contributed by atoms with van der Waals surface area (Å²) in [7, 11) is 3.10. The third-order valence-corrected chi connectivity index (χ3v) is 5.15. The van der Waals surface area contributed by atoms with Gasteiger partial charge in [0.05, 0.1) is 12.7 Å². The third-order valence-electron chi connectivity index (χ3n) is 4.56. The molecule has 33 heavy (non-hydrogen) atoms. The Morgan fingerprint density at radius 3 is 2.48 bits per heavy atom. The van der Waals surface area contributed by atoms with Crippen LogP contribution in [-0.4, -0.2) is 36.1 Å². The van der Waals surface area contributed by atoms with Crippen molar-refractivity contribution in [3.63, 3.8) is 0 Å². The Morgan fingerprint density at radius 1 is 1.03 bits per heavy atom. The summed E-state index contributed by atoms with van der Waals surface area (Å²) >= 11 is 12.0. The van der Waals surface area contributed by atoms with E-state index in [0.717, 1.165) is 5.56 Å². The van der Waals surface area contributed by atoms with E-state index in [1.807, 2.05) is 0 Å². The fraction of sp³-hybridized carbons (Fsp3) is 0.174. The van der Waals surface area contributed by atoms with Crippen molar-refractivity contribution < 1.29 is 28.6 Å². The first-order valence-electron chi connectivity index (χ1n) is 9.66. The molecule has 0 saturated carbocycles. The van der Waals surface area contributed by atoms with Crippen molar-refractivity contribution in [2.75, 3.05) is 13.7 Å². The van der Waals surface area contributed by atoms with E-state index < -0.39 is 24.4 Å². The Balaban J connectivity index is 1.57. The van der Waals surface area contributed by atoms with E-state index in [4.69, 9.17) is 37.4 Å². The van der Waals surface area contributed by atoms with Crippen LogP contribution in [0.25, 0.3) is 0 Å². The molecule has 10 heteroatoms. The molecule has 3 aromatic rings. The maximum atomic E-state index is 12.3. The lowest BCUT2D eigenvalue weighted by Gasteiger charge is -2.13. The minimum absolute atomic E-state index is 0.144. The third kappa shape index (κ3) is 6.27. The summed E-state index contributed by atoms with van der Waals surface area (Å²) in [6.45, 7) is -0.462. The van der Waals surface area contributed by atoms with Crippen LogP contribution >= 0.6 is 23.2 Å². The first kappa shape index (κ1) is 24.2. The van der Waals surface area contributed by atoms with Gasteiger partial charge in [-0.1, -0.05) is 29.3 Å². The van der Waals surface area contributed by atoms with E-state index in [2.05, 4.69) is 5.32 Å². The number of halogens is 2. The molecule has 0 radical (unpaired) electrons. The molecule has 0 aliphatic rings. The van der Waals surface area contributed by atoms with Gasteiger partial charge in [-0.05, 0) is 42.5 Å². The lowest BCUT2D eigenvalue weighted by molar-refractivity contribution is -0.123. The first-order valence-corrected chi connectivity index (χ1v) is 10.4. The molecule has 0 spiro atoms. The van der Waals surface area contributed by atoms with Crippen LogP contribution in [0.3, 0.4) is 0 Å². The van der Waals surface area contributed by atoms with Crippen LogP contribution in [0.15, 0.2) is 54.7 Å². The molecule has 0 aliphatic carbocycles. The van der Waals surface area contributed by atoms with Gasteiger partial charge in [-0.15, -0.1) is 0 Å². The Labute approximate surface area is 200 Å². The van der Waals surface area contributed by atoms with Gasteiger partial charge < -0.3 is 18.8 Å². The minimum atomic E-state index is -0.762. The number of carbonyl (C=O) groups excluding carboxylic acids is 3. The van der Waals surface area contributed by atoms with Crippen LogP contribution in [0, 0.1) is 0 Å². The smallest absolute Gasteiger partial charge is 0.338 e. The normalized spacial score (nSPS) is 10.4. The molecule has 0 bridgehead atoms. The van der Waals surface area contributed by atoms with Gasteiger partial charge >= 0.3 is 5.97 Å². The number of nitrogens with one attached hydrogen (secondary N) is 1. The van der Waals surface area contributed by atoms with Crippen molar-refractivity contribution in [2.45, 2.75) is 6.61 Å². The number of aryl methyl sites for hydroxylation is 1. The van der Waals surface area contributed by atoms with E-state index in [1.54, 1.807) is 48.1 Å². The second-order valence-electron chi connectivity index (χ2n) is 6.85. The number of hydrogen-bond donors (Lipinski definition) is 1. The maximum absolute atomic E-state index is 12.3. The predicted octanol–water partition coefficient (Wildman–Crippen LogP) is 4.03. The number of esters is 1. The molecule has 1 N–H and O–H groups in total. The van der Waals surface area contributed by atoms with E-state index in [0.29, 0.717) is 21.5 Å². The highest BCUT2D eigenvalue weighted by atomic mass is 35.5. The zero-order valence-electron chi connectivity index (χ0n) is 17.8. The summed E-state index contributed by atoms with van der Waals surface area (Å²) in [6, 6.07) is 12.7. The van der Waals surface area contributed by atoms with Gasteiger partial charge in [-0.3, -0.25) is 14.9 Å². The van der Waals surface area contributed by atoms with Crippen LogP contribution in [-0.2, 0) is 23.2 Å². The van der Waals surface area contributed by atoms with Crippen LogP contribution < -0.4 is 14.8 Å². The number of benzene rings is 2. The molecule has 0 fully saturated rings. The average molecular weight is 491 g/mol. The van der Waals surface area contributed by atoms with Crippen LogP contribution in [0.4, 0.5) is 0 Å². The second kappa shape index (κ2) is 10.9. The highest BCUT2D eigenvalue weighted by molar-refractivity contribution is 6.35. The molecular weight excluding hydrogens is 471 g/mol. The summed E-state index contributed by atoms with van der Waals surface area (Å²) in [6.07, 6.45) is 1.67. The molecular formula is C23H20Cl2N2O6. The quantitative estimate of drug-likeness (QED) is 0.478. The highest BCUT2D eigenvalue weighted by Gasteiger charge is 2.17. The highest BCUT2D eigenvalue weighted by Crippen LogP contribution is 2.30. The summed E-state index contributed by atoms with van der Waals surface area (Å²) in [4.78, 5) is 36.3. The fourth-order valence-electron chi connectivity index (χ4n) is 2.85. The number of ether oxygens (including phenoxy) is 3. The van der Waals surface area contributed by atoms with Crippen molar-refractivity contribution in [1.29, 1.82) is 0 Å². The summed E-state index contributed by atoms with van der Waals surface area (Å²) in [5, 5.41) is 3.14. The van der Waals surface area contributed by atoms with E-state index in [-0.39, 0.29) is 17.9 Å². The zero-order chi connectivity index (χ0) is 24.0. The second-order valence-corrected chi connectivity index (χ2v) is 7.69. The maximum Gasteiger partial charge on any atom is 0.338 e. The number of methoxy groups -OCH3 is 1. The van der Waals surface area contributed by atoms with Gasteiger partial charge in [0.2, 0.25) is 0 Å². The first-order chi connectivity index (χ1) is 15.8. The molecule has 0 saturated heterocycles. The molecule has 3 rings (SSSR count). The lowest BCUT2D eigenvalue weighted by atomic mass is 10.2. The van der Waals surface area contributed by atoms with Gasteiger partial charge in [0.1, 0.15) is 12.3 Å². The van der Waals surface area contributed by atoms with Crippen molar-refractivity contribution in [2.24, 2.45) is 7.05 Å². The Morgan fingerprint density at radius 2 is 1.82 bits per heavy atom. The van der Waals surface area contributed by atoms with E-state index in [1.165, 1.54) is 25.3 Å². The Kier molecular flexibility index (Phi) is 7.97. The number of nitrogens with zero attached hydrogens (tertiary/aromatic N) is 1. The SMILES string of the molecule is COc1cc(C(=O)OCC(=O)NC(=O)c2cccn2C)ccc1OCc1ccc(Cl)cc1Cl. The fourth-order valence-corrected chi connectivity index (χ4v) is 3.31. The van der Waals surface area contributed by atoms with Crippen LogP contribution in [0.1, 0.15) is 26.4 Å². The number of carbonyl (C=O) groups is 3. The van der Waals surface area contributed by atoms with Crippen molar-refractivity contribution in [3.8, 4) is 11.5 Å². The van der Waals surface area contributed by atoms with E-state index in [9.17, 15) is 14.4 Å². The minimum Gasteiger partial charge on any atom is -0.493 e. The number of hydrogen-bond acceptors (Lipinski definition) is 6. The monoisotopic (exact) mass is 490 g/mol. The lowest BCUT2D eigenvalue weighted by Crippen LogP contribution is -2.35. The number of rotatable bonds is 8. The van der Waals surface area contributed by atoms with Crippen LogP contribution in [0.5, 0.6) is 11.5 Å². The number of imide groups is 1. The molecule has 2 amide bonds. The van der Waals surface area contributed by atoms with Crippen molar-refractivity contribution in [1.82, 2.24) is 9.88 Å². The topological polar surface area (TPSA) is 95.9 Å². The van der Waals surface area contributed by atoms with Gasteiger partial charge in [-0.25, -0.2) is 4.79 Å². The van der Waals surface area contributed by atoms with Gasteiger partial charge in [0.15, 0.2) is 18.1 Å². The molecule has 0 aliphatic heterocycles. The molecule has 172 valence electrons. The molecule has 0 unspecified atom stereocenters. The Hall–Kier alpha value is -3.49. The standard InChI is InChI=1S/C23H20Cl2N2O6/c1-27-9-3-4-18(27)22(29)26-21(28)13-33-23(30)14-6-8-19(20(10-14)31-2)32-12-15-5-7-16(24)11-17(15)25/h3-11H,12-13H2,1-2H3,(H,26,28,29). The molecule has 1 aromatic heterocycles. The summed E-state index contributed by atoms with van der Waals surface area (Å²) < 4.78 is 17.6. The molecule has 1 heterocycles. The predicted molar refractivity (Wildman–Crippen MR) is 122 cm³/mol. The largest absolute Gasteiger partial charge is 0.493 e. The Bertz CT molecular complexity index is 1190. The average Bonchev–Trinajstić information content (AvgIpc) is 3.22. The molecule has 0 atom stereocenters. The van der Waals surface area contributed by atoms with Gasteiger partial charge in [0.25, 0.3) is 11.8 Å². The zero-order valence-corrected chi connectivity index (χ0v) is 19.3. The van der Waals surface area contributed by atoms with Crippen LogP contribution in [0.2, 0.25) is 10.0 Å². The van der Waals surface area contributed by atoms with E-state index >= 15 is 0 Å². The summed E-state index contributed by atoms with van der Waals surface area (Å²) in [5.41, 5.74) is 1.17. The number of amides is 2.